The summed E-state index contributed by atoms with van der Waals surface area (Å²) in [5.74, 6) is -1.60. The van der Waals surface area contributed by atoms with Crippen molar-refractivity contribution >= 4 is 22.0 Å². The Labute approximate surface area is 128 Å². The van der Waals surface area contributed by atoms with E-state index >= 15 is 0 Å². The van der Waals surface area contributed by atoms with E-state index in [1.807, 2.05) is 0 Å². The lowest BCUT2D eigenvalue weighted by atomic mass is 10.0. The van der Waals surface area contributed by atoms with Crippen molar-refractivity contribution in [3.63, 3.8) is 0 Å². The molecule has 0 radical (unpaired) electrons. The predicted molar refractivity (Wildman–Crippen MR) is 76.1 cm³/mol. The van der Waals surface area contributed by atoms with E-state index in [4.69, 9.17) is 9.52 Å². The van der Waals surface area contributed by atoms with E-state index in [9.17, 15) is 18.0 Å². The molecule has 22 heavy (non-hydrogen) atoms. The minimum atomic E-state index is -4.03. The molecule has 2 N–H and O–H groups in total. The van der Waals surface area contributed by atoms with Crippen molar-refractivity contribution in [2.24, 2.45) is 0 Å². The molecule has 0 saturated carbocycles. The third-order valence-electron chi connectivity index (χ3n) is 2.94. The van der Waals surface area contributed by atoms with Crippen molar-refractivity contribution in [1.29, 1.82) is 0 Å². The molecular formula is C13H19NO7S. The van der Waals surface area contributed by atoms with Gasteiger partial charge in [-0.05, 0) is 27.2 Å². The van der Waals surface area contributed by atoms with Crippen LogP contribution in [0.15, 0.2) is 15.6 Å². The van der Waals surface area contributed by atoms with Crippen LogP contribution in [-0.2, 0) is 19.6 Å². The average molecular weight is 333 g/mol. The number of carbonyl (C=O) groups is 2. The maximum absolute atomic E-state index is 12.3. The van der Waals surface area contributed by atoms with Gasteiger partial charge in [0, 0.05) is 18.0 Å². The summed E-state index contributed by atoms with van der Waals surface area (Å²) in [6.07, 6.45) is -0.0781. The second kappa shape index (κ2) is 6.49. The summed E-state index contributed by atoms with van der Waals surface area (Å²) in [5.41, 5.74) is -0.963. The van der Waals surface area contributed by atoms with E-state index in [0.717, 1.165) is 6.07 Å². The molecule has 1 aromatic rings. The van der Waals surface area contributed by atoms with E-state index in [0.29, 0.717) is 0 Å². The fraction of sp³-hybridized carbons (Fsp3) is 0.538. The highest BCUT2D eigenvalue weighted by Crippen LogP contribution is 2.22. The lowest BCUT2D eigenvalue weighted by Gasteiger charge is -2.24. The molecule has 0 aliphatic rings. The summed E-state index contributed by atoms with van der Waals surface area (Å²) in [6.45, 7) is 4.57. The number of sulfonamides is 1. The third kappa shape index (κ3) is 4.57. The van der Waals surface area contributed by atoms with E-state index < -0.39 is 32.6 Å². The van der Waals surface area contributed by atoms with Gasteiger partial charge in [-0.25, -0.2) is 17.9 Å². The largest absolute Gasteiger partial charge is 0.481 e. The summed E-state index contributed by atoms with van der Waals surface area (Å²) in [5, 5.41) is 8.25. The van der Waals surface area contributed by atoms with Gasteiger partial charge in [-0.3, -0.25) is 4.79 Å². The summed E-state index contributed by atoms with van der Waals surface area (Å²) < 4.78 is 36.5. The fourth-order valence-electron chi connectivity index (χ4n) is 1.78. The van der Waals surface area contributed by atoms with E-state index in [2.05, 4.69) is 9.46 Å². The minimum Gasteiger partial charge on any atom is -0.481 e. The lowest BCUT2D eigenvalue weighted by molar-refractivity contribution is -0.137. The van der Waals surface area contributed by atoms with Gasteiger partial charge >= 0.3 is 11.9 Å². The highest BCUT2D eigenvalue weighted by Gasteiger charge is 2.30. The molecule has 0 aliphatic carbocycles. The summed E-state index contributed by atoms with van der Waals surface area (Å²) in [6, 6.07) is 1.08. The van der Waals surface area contributed by atoms with Crippen LogP contribution in [0.2, 0.25) is 0 Å². The molecule has 0 aliphatic heterocycles. The van der Waals surface area contributed by atoms with Crippen LogP contribution in [0.5, 0.6) is 0 Å². The molecular weight excluding hydrogens is 314 g/mol. The van der Waals surface area contributed by atoms with Gasteiger partial charge < -0.3 is 14.3 Å². The Bertz CT molecular complexity index is 673. The normalized spacial score (nSPS) is 12.2. The first-order chi connectivity index (χ1) is 9.98. The van der Waals surface area contributed by atoms with Gasteiger partial charge in [0.25, 0.3) is 10.0 Å². The number of aliphatic carboxylic acids is 1. The first kappa shape index (κ1) is 18.2. The third-order valence-corrected chi connectivity index (χ3v) is 4.49. The number of methoxy groups -OCH3 is 1. The maximum Gasteiger partial charge on any atom is 0.341 e. The van der Waals surface area contributed by atoms with E-state index in [1.165, 1.54) is 14.0 Å². The summed E-state index contributed by atoms with van der Waals surface area (Å²) in [7, 11) is -2.85. The Morgan fingerprint density at radius 2 is 2.00 bits per heavy atom. The zero-order valence-corrected chi connectivity index (χ0v) is 13.6. The monoisotopic (exact) mass is 333 g/mol. The molecule has 0 bridgehead atoms. The first-order valence-corrected chi connectivity index (χ1v) is 7.91. The van der Waals surface area contributed by atoms with Gasteiger partial charge in [-0.1, -0.05) is 0 Å². The molecule has 0 unspecified atom stereocenters. The summed E-state index contributed by atoms with van der Waals surface area (Å²) >= 11 is 0. The molecule has 0 amide bonds. The number of furan rings is 1. The van der Waals surface area contributed by atoms with Crippen molar-refractivity contribution in [1.82, 2.24) is 4.72 Å². The van der Waals surface area contributed by atoms with Crippen LogP contribution in [0.25, 0.3) is 0 Å². The molecule has 1 heterocycles. The van der Waals surface area contributed by atoms with Gasteiger partial charge in [-0.2, -0.15) is 0 Å². The summed E-state index contributed by atoms with van der Waals surface area (Å²) in [4.78, 5) is 22.1. The van der Waals surface area contributed by atoms with Crippen LogP contribution in [0, 0.1) is 6.92 Å². The molecule has 1 aromatic heterocycles. The van der Waals surface area contributed by atoms with Crippen LogP contribution in [0.4, 0.5) is 0 Å². The topological polar surface area (TPSA) is 123 Å². The van der Waals surface area contributed by atoms with Crippen molar-refractivity contribution in [2.75, 3.05) is 7.11 Å². The second-order valence-corrected chi connectivity index (χ2v) is 7.02. The Morgan fingerprint density at radius 1 is 1.41 bits per heavy atom. The molecule has 0 atom stereocenters. The van der Waals surface area contributed by atoms with Gasteiger partial charge in [0.15, 0.2) is 0 Å². The average Bonchev–Trinajstić information content (AvgIpc) is 2.77. The van der Waals surface area contributed by atoms with Crippen molar-refractivity contribution < 1.29 is 32.3 Å². The number of ether oxygens (including phenoxy) is 1. The number of esters is 1. The fourth-order valence-corrected chi connectivity index (χ4v) is 3.22. The molecule has 1 rings (SSSR count). The number of nitrogens with one attached hydrogen (secondary N) is 1. The smallest absolute Gasteiger partial charge is 0.341 e. The van der Waals surface area contributed by atoms with Crippen molar-refractivity contribution in [3.05, 3.63) is 17.4 Å². The number of carboxylic acid groups (broad SMARTS) is 1. The van der Waals surface area contributed by atoms with Gasteiger partial charge in [-0.15, -0.1) is 0 Å². The van der Waals surface area contributed by atoms with Gasteiger partial charge in [0.1, 0.15) is 11.3 Å². The Morgan fingerprint density at radius 3 is 2.50 bits per heavy atom. The molecule has 0 saturated heterocycles. The zero-order valence-electron chi connectivity index (χ0n) is 12.8. The molecule has 0 spiro atoms. The highest BCUT2D eigenvalue weighted by molar-refractivity contribution is 7.89. The van der Waals surface area contributed by atoms with Crippen LogP contribution in [-0.4, -0.2) is 38.1 Å². The van der Waals surface area contributed by atoms with Gasteiger partial charge in [0.05, 0.1) is 7.11 Å². The van der Waals surface area contributed by atoms with E-state index in [1.54, 1.807) is 13.8 Å². The van der Waals surface area contributed by atoms with Crippen molar-refractivity contribution in [2.45, 2.75) is 44.2 Å². The zero-order chi connectivity index (χ0) is 17.1. The maximum atomic E-state index is 12.3. The van der Waals surface area contributed by atoms with Crippen molar-refractivity contribution in [3.8, 4) is 0 Å². The van der Waals surface area contributed by atoms with E-state index in [-0.39, 0.29) is 24.2 Å². The van der Waals surface area contributed by atoms with Gasteiger partial charge in [0.2, 0.25) is 5.09 Å². The van der Waals surface area contributed by atoms with Crippen LogP contribution >= 0.6 is 0 Å². The first-order valence-electron chi connectivity index (χ1n) is 6.43. The molecule has 8 nitrogen and oxygen atoms in total. The predicted octanol–water partition coefficient (Wildman–Crippen LogP) is 1.30. The van der Waals surface area contributed by atoms with Crippen LogP contribution < -0.4 is 4.72 Å². The molecule has 0 aromatic carbocycles. The molecule has 124 valence electrons. The number of aryl methyl sites for hydroxylation is 1. The molecule has 0 fully saturated rings. The second-order valence-electron chi connectivity index (χ2n) is 5.41. The minimum absolute atomic E-state index is 0.0196. The SMILES string of the molecule is COC(=O)c1cc(S(=O)(=O)NC(C)(C)CCC(=O)O)oc1C. The number of hydrogen-bond acceptors (Lipinski definition) is 6. The standard InChI is InChI=1S/C13H19NO7S/c1-8-9(12(17)20-4)7-11(21-8)22(18,19)14-13(2,3)6-5-10(15)16/h7,14H,5-6H2,1-4H3,(H,15,16). The Balaban J connectivity index is 3.00. The van der Waals surface area contributed by atoms with Crippen LogP contribution in [0.3, 0.4) is 0 Å². The lowest BCUT2D eigenvalue weighted by Crippen LogP contribution is -2.43. The quantitative estimate of drug-likeness (QED) is 0.721. The Kier molecular flexibility index (Phi) is 5.36. The highest BCUT2D eigenvalue weighted by atomic mass is 32.2. The van der Waals surface area contributed by atoms with Crippen LogP contribution in [0.1, 0.15) is 42.8 Å². The number of carboxylic acids is 1. The molecule has 9 heteroatoms. The number of carbonyl (C=O) groups excluding carboxylic acids is 1. The number of rotatable bonds is 7. The number of hydrogen-bond donors (Lipinski definition) is 2. The Hall–Kier alpha value is -1.87.